The topological polar surface area (TPSA) is 66.3 Å². The Labute approximate surface area is 87.8 Å². The van der Waals surface area contributed by atoms with Crippen LogP contribution in [0.2, 0.25) is 0 Å². The zero-order valence-electron chi connectivity index (χ0n) is 8.77. The summed E-state index contributed by atoms with van der Waals surface area (Å²) in [5, 5.41) is 8.65. The smallest absolute Gasteiger partial charge is 0.356 e. The Hall–Kier alpha value is -1.65. The summed E-state index contributed by atoms with van der Waals surface area (Å²) in [5.41, 5.74) is 0.311. The van der Waals surface area contributed by atoms with Crippen LogP contribution in [-0.2, 0) is 0 Å². The fourth-order valence-corrected chi connectivity index (χ4v) is 1.74. The molecule has 0 unspecified atom stereocenters. The Morgan fingerprint density at radius 2 is 2.07 bits per heavy atom. The summed E-state index contributed by atoms with van der Waals surface area (Å²) in [4.78, 5) is 20.5. The molecule has 0 bridgehead atoms. The molecule has 1 N–H and O–H groups in total. The molecule has 80 valence electrons. The van der Waals surface area contributed by atoms with Crippen molar-refractivity contribution in [2.75, 3.05) is 18.0 Å². The number of aromatic nitrogens is 2. The minimum atomic E-state index is -1.04. The van der Waals surface area contributed by atoms with E-state index in [9.17, 15) is 4.79 Å². The van der Waals surface area contributed by atoms with Crippen molar-refractivity contribution in [1.29, 1.82) is 0 Å². The maximum Gasteiger partial charge on any atom is 0.356 e. The van der Waals surface area contributed by atoms with Crippen molar-refractivity contribution in [2.24, 2.45) is 5.41 Å². The Balaban J connectivity index is 2.09. The molecule has 0 atom stereocenters. The molecule has 1 aliphatic heterocycles. The van der Waals surface area contributed by atoms with Gasteiger partial charge >= 0.3 is 5.97 Å². The number of aromatic carboxylic acids is 1. The van der Waals surface area contributed by atoms with Gasteiger partial charge in [-0.15, -0.1) is 0 Å². The summed E-state index contributed by atoms with van der Waals surface area (Å²) in [6, 6.07) is 0. The van der Waals surface area contributed by atoms with E-state index in [1.807, 2.05) is 0 Å². The van der Waals surface area contributed by atoms with E-state index in [0.29, 0.717) is 5.41 Å². The van der Waals surface area contributed by atoms with Crippen LogP contribution in [0.3, 0.4) is 0 Å². The van der Waals surface area contributed by atoms with Crippen molar-refractivity contribution in [2.45, 2.75) is 13.8 Å². The predicted molar refractivity (Wildman–Crippen MR) is 55.0 cm³/mol. The van der Waals surface area contributed by atoms with Gasteiger partial charge in [-0.25, -0.2) is 14.8 Å². The molecule has 0 aromatic carbocycles. The molecule has 15 heavy (non-hydrogen) atoms. The number of carboxylic acids is 1. The summed E-state index contributed by atoms with van der Waals surface area (Å²) in [5.74, 6) is -0.294. The van der Waals surface area contributed by atoms with E-state index in [-0.39, 0.29) is 5.69 Å². The third-order valence-corrected chi connectivity index (χ3v) is 2.42. The lowest BCUT2D eigenvalue weighted by atomic mass is 9.84. The number of nitrogens with zero attached hydrogens (tertiary/aromatic N) is 3. The Morgan fingerprint density at radius 3 is 2.47 bits per heavy atom. The first-order chi connectivity index (χ1) is 6.98. The summed E-state index contributed by atoms with van der Waals surface area (Å²) in [6.07, 6.45) is 2.81. The van der Waals surface area contributed by atoms with Gasteiger partial charge in [0, 0.05) is 13.1 Å². The summed E-state index contributed by atoms with van der Waals surface area (Å²) in [7, 11) is 0. The first kappa shape index (κ1) is 9.89. The second-order valence-electron chi connectivity index (χ2n) is 4.59. The molecule has 5 heteroatoms. The fraction of sp³-hybridized carbons (Fsp3) is 0.500. The van der Waals surface area contributed by atoms with Crippen molar-refractivity contribution < 1.29 is 9.90 Å². The summed E-state index contributed by atoms with van der Waals surface area (Å²) in [6.45, 7) is 6.24. The van der Waals surface area contributed by atoms with Crippen LogP contribution >= 0.6 is 0 Å². The fourth-order valence-electron chi connectivity index (χ4n) is 1.74. The quantitative estimate of drug-likeness (QED) is 0.784. The van der Waals surface area contributed by atoms with Crippen LogP contribution in [0.15, 0.2) is 12.4 Å². The van der Waals surface area contributed by atoms with Gasteiger partial charge in [0.15, 0.2) is 5.69 Å². The molecule has 0 aliphatic carbocycles. The van der Waals surface area contributed by atoms with Gasteiger partial charge in [-0.05, 0) is 5.41 Å². The molecule has 5 nitrogen and oxygen atoms in total. The molecule has 1 aliphatic rings. The van der Waals surface area contributed by atoms with Crippen molar-refractivity contribution in [3.05, 3.63) is 18.1 Å². The van der Waals surface area contributed by atoms with E-state index in [2.05, 4.69) is 28.7 Å². The summed E-state index contributed by atoms with van der Waals surface area (Å²) >= 11 is 0. The lowest BCUT2D eigenvalue weighted by molar-refractivity contribution is 0.0690. The average Bonchev–Trinajstić information content (AvgIpc) is 2.14. The standard InChI is InChI=1S/C10H13N3O2/c1-10(2)5-13(6-10)8-4-11-7(3-12-8)9(14)15/h3-4H,5-6H2,1-2H3,(H,14,15). The number of carboxylic acid groups (broad SMARTS) is 1. The molecule has 2 rings (SSSR count). The van der Waals surface area contributed by atoms with Gasteiger partial charge in [-0.1, -0.05) is 13.8 Å². The number of rotatable bonds is 2. The third-order valence-electron chi connectivity index (χ3n) is 2.42. The number of carbonyl (C=O) groups is 1. The van der Waals surface area contributed by atoms with Crippen LogP contribution in [0.5, 0.6) is 0 Å². The highest BCUT2D eigenvalue weighted by Gasteiger charge is 2.34. The van der Waals surface area contributed by atoms with Crippen LogP contribution in [0.25, 0.3) is 0 Å². The van der Waals surface area contributed by atoms with Gasteiger partial charge < -0.3 is 10.0 Å². The van der Waals surface area contributed by atoms with Crippen molar-refractivity contribution in [3.8, 4) is 0 Å². The molecule has 1 aromatic rings. The number of hydrogen-bond donors (Lipinski definition) is 1. The average molecular weight is 207 g/mol. The monoisotopic (exact) mass is 207 g/mol. The number of hydrogen-bond acceptors (Lipinski definition) is 4. The van der Waals surface area contributed by atoms with Gasteiger partial charge in [0.1, 0.15) is 5.82 Å². The van der Waals surface area contributed by atoms with Gasteiger partial charge in [-0.3, -0.25) is 0 Å². The van der Waals surface area contributed by atoms with Crippen molar-refractivity contribution in [1.82, 2.24) is 9.97 Å². The zero-order valence-corrected chi connectivity index (χ0v) is 8.77. The minimum absolute atomic E-state index is 0.0152. The highest BCUT2D eigenvalue weighted by molar-refractivity contribution is 5.84. The van der Waals surface area contributed by atoms with Gasteiger partial charge in [0.25, 0.3) is 0 Å². The van der Waals surface area contributed by atoms with E-state index in [0.717, 1.165) is 18.9 Å². The molecule has 2 heterocycles. The molecule has 0 radical (unpaired) electrons. The molecular formula is C10H13N3O2. The number of anilines is 1. The first-order valence-corrected chi connectivity index (χ1v) is 4.78. The maximum absolute atomic E-state index is 10.6. The second-order valence-corrected chi connectivity index (χ2v) is 4.59. The Bertz CT molecular complexity index is 378. The zero-order chi connectivity index (χ0) is 11.1. The molecule has 1 fully saturated rings. The largest absolute Gasteiger partial charge is 0.476 e. The highest BCUT2D eigenvalue weighted by atomic mass is 16.4. The van der Waals surface area contributed by atoms with Gasteiger partial charge in [0.05, 0.1) is 12.4 Å². The summed E-state index contributed by atoms with van der Waals surface area (Å²) < 4.78 is 0. The molecule has 0 saturated carbocycles. The molecule has 1 aromatic heterocycles. The molecule has 0 amide bonds. The van der Waals surface area contributed by atoms with Crippen LogP contribution < -0.4 is 4.90 Å². The second kappa shape index (κ2) is 3.18. The molecular weight excluding hydrogens is 194 g/mol. The Morgan fingerprint density at radius 1 is 1.40 bits per heavy atom. The lowest BCUT2D eigenvalue weighted by Crippen LogP contribution is -2.53. The van der Waals surface area contributed by atoms with Crippen LogP contribution in [0.1, 0.15) is 24.3 Å². The van der Waals surface area contributed by atoms with Crippen LogP contribution in [0, 0.1) is 5.41 Å². The predicted octanol–water partition coefficient (Wildman–Crippen LogP) is 1.02. The van der Waals surface area contributed by atoms with Crippen LogP contribution in [0.4, 0.5) is 5.82 Å². The van der Waals surface area contributed by atoms with Crippen molar-refractivity contribution >= 4 is 11.8 Å². The SMILES string of the molecule is CC1(C)CN(c2cnc(C(=O)O)cn2)C1. The van der Waals surface area contributed by atoms with Gasteiger partial charge in [-0.2, -0.15) is 0 Å². The van der Waals surface area contributed by atoms with Crippen molar-refractivity contribution in [3.63, 3.8) is 0 Å². The van der Waals surface area contributed by atoms with E-state index >= 15 is 0 Å². The van der Waals surface area contributed by atoms with E-state index in [1.54, 1.807) is 0 Å². The van der Waals surface area contributed by atoms with Gasteiger partial charge in [0.2, 0.25) is 0 Å². The minimum Gasteiger partial charge on any atom is -0.476 e. The van der Waals surface area contributed by atoms with E-state index in [4.69, 9.17) is 5.11 Å². The maximum atomic E-state index is 10.6. The van der Waals surface area contributed by atoms with E-state index < -0.39 is 5.97 Å². The molecule has 0 spiro atoms. The lowest BCUT2D eigenvalue weighted by Gasteiger charge is -2.46. The Kier molecular flexibility index (Phi) is 2.10. The molecule has 1 saturated heterocycles. The normalized spacial score (nSPS) is 18.4. The highest BCUT2D eigenvalue weighted by Crippen LogP contribution is 2.31. The third kappa shape index (κ3) is 1.91. The first-order valence-electron chi connectivity index (χ1n) is 4.78. The van der Waals surface area contributed by atoms with Crippen LogP contribution in [-0.4, -0.2) is 34.1 Å². The van der Waals surface area contributed by atoms with E-state index in [1.165, 1.54) is 12.4 Å².